The molecular formula is C9H8N4O3S. The quantitative estimate of drug-likeness (QED) is 0.657. The maximum absolute atomic E-state index is 10.6. The highest BCUT2D eigenvalue weighted by atomic mass is 32.2. The van der Waals surface area contributed by atoms with Crippen molar-refractivity contribution in [3.8, 4) is 0 Å². The Morgan fingerprint density at radius 1 is 1.47 bits per heavy atom. The van der Waals surface area contributed by atoms with E-state index in [0.717, 1.165) is 17.5 Å². The molecule has 2 aromatic heterocycles. The van der Waals surface area contributed by atoms with E-state index in [1.54, 1.807) is 6.92 Å². The summed E-state index contributed by atoms with van der Waals surface area (Å²) in [5.74, 6) is 0.0879. The van der Waals surface area contributed by atoms with E-state index >= 15 is 0 Å². The molecule has 2 aromatic rings. The number of nitrogens with zero attached hydrogens (tertiary/aromatic N) is 3. The second-order valence-electron chi connectivity index (χ2n) is 3.20. The molecule has 0 fully saturated rings. The number of nitrogens with two attached hydrogens (primary N) is 1. The van der Waals surface area contributed by atoms with E-state index in [-0.39, 0.29) is 11.5 Å². The molecule has 0 saturated heterocycles. The molecule has 7 nitrogen and oxygen atoms in total. The van der Waals surface area contributed by atoms with Crippen LogP contribution in [0.15, 0.2) is 33.1 Å². The Labute approximate surface area is 100 Å². The molecule has 0 unspecified atom stereocenters. The van der Waals surface area contributed by atoms with Gasteiger partial charge in [-0.05, 0) is 18.7 Å². The van der Waals surface area contributed by atoms with Gasteiger partial charge in [0.25, 0.3) is 10.9 Å². The normalized spacial score (nSPS) is 10.4. The van der Waals surface area contributed by atoms with Crippen molar-refractivity contribution in [2.24, 2.45) is 0 Å². The van der Waals surface area contributed by atoms with Gasteiger partial charge in [-0.2, -0.15) is 0 Å². The van der Waals surface area contributed by atoms with Crippen LogP contribution in [0.3, 0.4) is 0 Å². The molecule has 17 heavy (non-hydrogen) atoms. The van der Waals surface area contributed by atoms with E-state index in [0.29, 0.717) is 10.2 Å². The minimum atomic E-state index is -0.525. The van der Waals surface area contributed by atoms with Crippen molar-refractivity contribution in [2.75, 3.05) is 5.73 Å². The van der Waals surface area contributed by atoms with Crippen LogP contribution in [0.5, 0.6) is 0 Å². The Hall–Kier alpha value is -2.09. The molecule has 0 aromatic carbocycles. The Kier molecular flexibility index (Phi) is 2.96. The molecule has 0 aliphatic rings. The van der Waals surface area contributed by atoms with Gasteiger partial charge in [-0.3, -0.25) is 10.1 Å². The van der Waals surface area contributed by atoms with Crippen LogP contribution >= 0.6 is 11.8 Å². The first kappa shape index (κ1) is 11.4. The molecule has 0 aliphatic carbocycles. The number of hydrogen-bond donors (Lipinski definition) is 1. The van der Waals surface area contributed by atoms with Gasteiger partial charge in [0.15, 0.2) is 0 Å². The Morgan fingerprint density at radius 3 is 2.82 bits per heavy atom. The van der Waals surface area contributed by atoms with Crippen LogP contribution in [0.1, 0.15) is 5.69 Å². The van der Waals surface area contributed by atoms with E-state index in [9.17, 15) is 10.1 Å². The minimum absolute atomic E-state index is 0.0879. The van der Waals surface area contributed by atoms with E-state index in [1.165, 1.54) is 18.4 Å². The van der Waals surface area contributed by atoms with Crippen LogP contribution in [-0.4, -0.2) is 14.9 Å². The van der Waals surface area contributed by atoms with Crippen molar-refractivity contribution in [3.05, 3.63) is 34.2 Å². The van der Waals surface area contributed by atoms with Gasteiger partial charge < -0.3 is 10.2 Å². The smallest absolute Gasteiger partial charge is 0.275 e. The van der Waals surface area contributed by atoms with Crippen LogP contribution in [-0.2, 0) is 0 Å². The zero-order chi connectivity index (χ0) is 12.4. The molecular weight excluding hydrogens is 244 g/mol. The Bertz CT molecular complexity index is 569. The van der Waals surface area contributed by atoms with Crippen molar-refractivity contribution >= 4 is 23.3 Å². The topological polar surface area (TPSA) is 108 Å². The third-order valence-corrected chi connectivity index (χ3v) is 2.59. The lowest BCUT2D eigenvalue weighted by Gasteiger charge is -1.98. The van der Waals surface area contributed by atoms with Gasteiger partial charge in [0, 0.05) is 6.07 Å². The van der Waals surface area contributed by atoms with E-state index in [2.05, 4.69) is 9.97 Å². The van der Waals surface area contributed by atoms with Gasteiger partial charge in [-0.1, -0.05) is 0 Å². The summed E-state index contributed by atoms with van der Waals surface area (Å²) in [5, 5.41) is 11.4. The van der Waals surface area contributed by atoms with Gasteiger partial charge >= 0.3 is 0 Å². The summed E-state index contributed by atoms with van der Waals surface area (Å²) in [6.45, 7) is 1.78. The standard InChI is InChI=1S/C9H8N4O3S/c1-5-4-16-9(11-5)17-8-3-6(13(14)15)2-7(10)12-8/h2-4H,1H3,(H2,10,12). The Morgan fingerprint density at radius 2 is 2.24 bits per heavy atom. The largest absolute Gasteiger partial charge is 0.439 e. The summed E-state index contributed by atoms with van der Waals surface area (Å²) in [5.41, 5.74) is 6.10. The van der Waals surface area contributed by atoms with Gasteiger partial charge in [0.1, 0.15) is 17.1 Å². The average molecular weight is 252 g/mol. The summed E-state index contributed by atoms with van der Waals surface area (Å²) < 4.78 is 5.11. The summed E-state index contributed by atoms with van der Waals surface area (Å²) in [6.07, 6.45) is 1.49. The predicted octanol–water partition coefficient (Wildman–Crippen LogP) is 2.02. The molecule has 0 atom stereocenters. The molecule has 2 N–H and O–H groups in total. The first-order valence-corrected chi connectivity index (χ1v) is 5.38. The lowest BCUT2D eigenvalue weighted by atomic mass is 10.4. The molecule has 0 bridgehead atoms. The van der Waals surface area contributed by atoms with Gasteiger partial charge in [-0.15, -0.1) is 0 Å². The summed E-state index contributed by atoms with van der Waals surface area (Å²) in [4.78, 5) is 18.1. The number of nitrogen functional groups attached to an aromatic ring is 1. The summed E-state index contributed by atoms with van der Waals surface area (Å²) in [6, 6.07) is 2.52. The predicted molar refractivity (Wildman–Crippen MR) is 60.7 cm³/mol. The molecule has 0 radical (unpaired) electrons. The lowest BCUT2D eigenvalue weighted by molar-refractivity contribution is -0.385. The zero-order valence-corrected chi connectivity index (χ0v) is 9.60. The van der Waals surface area contributed by atoms with Crippen molar-refractivity contribution in [2.45, 2.75) is 17.2 Å². The highest BCUT2D eigenvalue weighted by Gasteiger charge is 2.12. The fraction of sp³-hybridized carbons (Fsp3) is 0.111. The Balaban J connectivity index is 2.29. The number of hydrogen-bond acceptors (Lipinski definition) is 7. The molecule has 0 amide bonds. The van der Waals surface area contributed by atoms with E-state index in [4.69, 9.17) is 10.2 Å². The second kappa shape index (κ2) is 4.42. The number of anilines is 1. The van der Waals surface area contributed by atoms with Crippen molar-refractivity contribution < 1.29 is 9.34 Å². The molecule has 0 aliphatic heterocycles. The second-order valence-corrected chi connectivity index (χ2v) is 4.17. The highest BCUT2D eigenvalue weighted by molar-refractivity contribution is 7.99. The molecule has 2 rings (SSSR count). The molecule has 0 saturated carbocycles. The first-order valence-electron chi connectivity index (χ1n) is 4.56. The third kappa shape index (κ3) is 2.72. The van der Waals surface area contributed by atoms with Crippen LogP contribution in [0, 0.1) is 17.0 Å². The fourth-order valence-electron chi connectivity index (χ4n) is 1.14. The number of rotatable bonds is 3. The van der Waals surface area contributed by atoms with Crippen molar-refractivity contribution in [1.82, 2.24) is 9.97 Å². The average Bonchev–Trinajstić information content (AvgIpc) is 2.63. The van der Waals surface area contributed by atoms with E-state index < -0.39 is 4.92 Å². The van der Waals surface area contributed by atoms with Crippen molar-refractivity contribution in [3.63, 3.8) is 0 Å². The van der Waals surface area contributed by atoms with Crippen molar-refractivity contribution in [1.29, 1.82) is 0 Å². The number of aromatic nitrogens is 2. The third-order valence-electron chi connectivity index (χ3n) is 1.81. The van der Waals surface area contributed by atoms with Crippen LogP contribution in [0.2, 0.25) is 0 Å². The van der Waals surface area contributed by atoms with E-state index in [1.807, 2.05) is 0 Å². The number of pyridine rings is 1. The highest BCUT2D eigenvalue weighted by Crippen LogP contribution is 2.28. The first-order chi connectivity index (χ1) is 8.04. The number of aryl methyl sites for hydroxylation is 1. The van der Waals surface area contributed by atoms with Crippen LogP contribution in [0.25, 0.3) is 0 Å². The number of nitro groups is 1. The minimum Gasteiger partial charge on any atom is -0.439 e. The SMILES string of the molecule is Cc1coc(Sc2cc([N+](=O)[O-])cc(N)n2)n1. The maximum atomic E-state index is 10.6. The molecule has 2 heterocycles. The van der Waals surface area contributed by atoms with Gasteiger partial charge in [-0.25, -0.2) is 9.97 Å². The van der Waals surface area contributed by atoms with Crippen LogP contribution in [0.4, 0.5) is 11.5 Å². The maximum Gasteiger partial charge on any atom is 0.275 e. The van der Waals surface area contributed by atoms with Crippen LogP contribution < -0.4 is 5.73 Å². The zero-order valence-electron chi connectivity index (χ0n) is 8.78. The molecule has 8 heteroatoms. The lowest BCUT2D eigenvalue weighted by Crippen LogP contribution is -1.95. The number of oxazole rings is 1. The fourth-order valence-corrected chi connectivity index (χ4v) is 1.93. The monoisotopic (exact) mass is 252 g/mol. The summed E-state index contributed by atoms with van der Waals surface area (Å²) >= 11 is 1.08. The van der Waals surface area contributed by atoms with Gasteiger partial charge in [0.2, 0.25) is 0 Å². The van der Waals surface area contributed by atoms with Gasteiger partial charge in [0.05, 0.1) is 16.7 Å². The summed E-state index contributed by atoms with van der Waals surface area (Å²) in [7, 11) is 0. The molecule has 88 valence electrons. The molecule has 0 spiro atoms.